The molecule has 0 saturated carbocycles. The minimum Gasteiger partial charge on any atom is -0.299 e. The van der Waals surface area contributed by atoms with E-state index in [0.29, 0.717) is 17.2 Å². The van der Waals surface area contributed by atoms with Crippen molar-refractivity contribution in [2.45, 2.75) is 51.5 Å². The van der Waals surface area contributed by atoms with Gasteiger partial charge in [0.1, 0.15) is 0 Å². The Labute approximate surface area is 123 Å². The van der Waals surface area contributed by atoms with Crippen LogP contribution in [0.3, 0.4) is 0 Å². The molecule has 1 heterocycles. The lowest BCUT2D eigenvalue weighted by molar-refractivity contribution is 0.176. The fourth-order valence-corrected chi connectivity index (χ4v) is 3.09. The summed E-state index contributed by atoms with van der Waals surface area (Å²) in [7, 11) is 0. The van der Waals surface area contributed by atoms with Gasteiger partial charge < -0.3 is 0 Å². The van der Waals surface area contributed by atoms with Crippen LogP contribution in [0, 0.1) is 5.92 Å². The summed E-state index contributed by atoms with van der Waals surface area (Å²) in [6.07, 6.45) is 2.49. The summed E-state index contributed by atoms with van der Waals surface area (Å²) in [5.41, 5.74) is 2.86. The van der Waals surface area contributed by atoms with Gasteiger partial charge in [-0.15, -0.1) is 11.6 Å². The van der Waals surface area contributed by atoms with E-state index in [4.69, 9.17) is 11.6 Å². The second kappa shape index (κ2) is 6.76. The van der Waals surface area contributed by atoms with Gasteiger partial charge in [-0.25, -0.2) is 0 Å². The van der Waals surface area contributed by atoms with Crippen LogP contribution < -0.4 is 0 Å². The number of rotatable bonds is 4. The Kier molecular flexibility index (Phi) is 5.29. The fourth-order valence-electron chi connectivity index (χ4n) is 2.84. The molecule has 0 spiro atoms. The van der Waals surface area contributed by atoms with Gasteiger partial charge in [0.05, 0.1) is 0 Å². The minimum atomic E-state index is 0.326. The molecule has 0 bridgehead atoms. The Bertz CT molecular complexity index is 375. The van der Waals surface area contributed by atoms with Crippen LogP contribution in [0.1, 0.15) is 50.7 Å². The van der Waals surface area contributed by atoms with Crippen LogP contribution in [0.5, 0.6) is 0 Å². The van der Waals surface area contributed by atoms with E-state index in [1.807, 2.05) is 0 Å². The first-order chi connectivity index (χ1) is 9.06. The van der Waals surface area contributed by atoms with Crippen molar-refractivity contribution in [3.63, 3.8) is 0 Å². The molecule has 1 nitrogen and oxygen atoms in total. The molecule has 0 amide bonds. The van der Waals surface area contributed by atoms with E-state index in [1.54, 1.807) is 0 Å². The number of piperidine rings is 1. The summed E-state index contributed by atoms with van der Waals surface area (Å²) in [6, 6.07) is 9.11. The first-order valence-corrected chi connectivity index (χ1v) is 7.95. The molecule has 2 rings (SSSR count). The van der Waals surface area contributed by atoms with Gasteiger partial charge in [0.2, 0.25) is 0 Å². The molecule has 2 heteroatoms. The molecule has 1 saturated heterocycles. The van der Waals surface area contributed by atoms with E-state index in [9.17, 15) is 0 Å². The highest BCUT2D eigenvalue weighted by molar-refractivity contribution is 6.20. The third kappa shape index (κ3) is 4.22. The highest BCUT2D eigenvalue weighted by Gasteiger charge is 2.22. The topological polar surface area (TPSA) is 3.24 Å². The minimum absolute atomic E-state index is 0.326. The largest absolute Gasteiger partial charge is 0.299 e. The number of likely N-dealkylation sites (tertiary alicyclic amines) is 1. The summed E-state index contributed by atoms with van der Waals surface area (Å²) < 4.78 is 0. The van der Waals surface area contributed by atoms with Gasteiger partial charge in [-0.3, -0.25) is 4.90 Å². The van der Waals surface area contributed by atoms with Crippen molar-refractivity contribution in [2.24, 2.45) is 5.92 Å². The molecule has 1 atom stereocenters. The van der Waals surface area contributed by atoms with Gasteiger partial charge in [-0.1, -0.05) is 38.1 Å². The lowest BCUT2D eigenvalue weighted by Crippen LogP contribution is -2.35. The maximum absolute atomic E-state index is 6.19. The van der Waals surface area contributed by atoms with Crippen LogP contribution in [0.15, 0.2) is 24.3 Å². The number of nitrogens with zero attached hydrogens (tertiary/aromatic N) is 1. The molecule has 1 aliphatic heterocycles. The smallest absolute Gasteiger partial charge is 0.0337 e. The lowest BCUT2D eigenvalue weighted by Gasteiger charge is -2.33. The zero-order valence-electron chi connectivity index (χ0n) is 12.4. The monoisotopic (exact) mass is 279 g/mol. The predicted molar refractivity (Wildman–Crippen MR) is 83.8 cm³/mol. The average Bonchev–Trinajstić information content (AvgIpc) is 2.40. The molecule has 1 aromatic carbocycles. The average molecular weight is 280 g/mol. The highest BCUT2D eigenvalue weighted by Crippen LogP contribution is 2.25. The summed E-state index contributed by atoms with van der Waals surface area (Å²) in [5.74, 6) is 1.33. The molecule has 0 radical (unpaired) electrons. The molecule has 19 heavy (non-hydrogen) atoms. The van der Waals surface area contributed by atoms with Crippen molar-refractivity contribution < 1.29 is 0 Å². The van der Waals surface area contributed by atoms with Crippen LogP contribution in [-0.4, -0.2) is 23.4 Å². The van der Waals surface area contributed by atoms with Gasteiger partial charge in [0.25, 0.3) is 0 Å². The Morgan fingerprint density at radius 3 is 2.16 bits per heavy atom. The molecule has 0 aliphatic carbocycles. The third-order valence-electron chi connectivity index (χ3n) is 4.33. The lowest BCUT2D eigenvalue weighted by atomic mass is 9.93. The Morgan fingerprint density at radius 2 is 1.68 bits per heavy atom. The third-order valence-corrected chi connectivity index (χ3v) is 4.69. The van der Waals surface area contributed by atoms with Gasteiger partial charge in [-0.2, -0.15) is 0 Å². The summed E-state index contributed by atoms with van der Waals surface area (Å²) in [6.45, 7) is 10.1. The molecule has 1 fully saturated rings. The second-order valence-electron chi connectivity index (χ2n) is 6.19. The first-order valence-electron chi connectivity index (χ1n) is 7.51. The fraction of sp³-hybridized carbons (Fsp3) is 0.647. The maximum atomic E-state index is 6.19. The quantitative estimate of drug-likeness (QED) is 0.725. The molecular weight excluding hydrogens is 254 g/mol. The SMILES string of the molecule is CC(C)c1ccc(CN2CCC(C(C)Cl)CC2)cc1. The van der Waals surface area contributed by atoms with Crippen molar-refractivity contribution in [3.8, 4) is 0 Å². The molecule has 0 N–H and O–H groups in total. The van der Waals surface area contributed by atoms with E-state index in [1.165, 1.54) is 37.1 Å². The molecule has 106 valence electrons. The number of hydrogen-bond acceptors (Lipinski definition) is 1. The van der Waals surface area contributed by atoms with Crippen molar-refractivity contribution in [2.75, 3.05) is 13.1 Å². The molecular formula is C17H26ClN. The normalized spacial score (nSPS) is 19.8. The Morgan fingerprint density at radius 1 is 1.11 bits per heavy atom. The van der Waals surface area contributed by atoms with Gasteiger partial charge in [0.15, 0.2) is 0 Å². The number of benzene rings is 1. The van der Waals surface area contributed by atoms with Gasteiger partial charge in [-0.05, 0) is 55.8 Å². The number of alkyl halides is 1. The molecule has 1 aliphatic rings. The second-order valence-corrected chi connectivity index (χ2v) is 6.88. The molecule has 1 aromatic rings. The summed E-state index contributed by atoms with van der Waals surface area (Å²) in [4.78, 5) is 2.56. The van der Waals surface area contributed by atoms with Crippen LogP contribution in [0.4, 0.5) is 0 Å². The van der Waals surface area contributed by atoms with E-state index in [-0.39, 0.29) is 0 Å². The Balaban J connectivity index is 1.85. The van der Waals surface area contributed by atoms with Crippen molar-refractivity contribution in [1.29, 1.82) is 0 Å². The highest BCUT2D eigenvalue weighted by atomic mass is 35.5. The summed E-state index contributed by atoms with van der Waals surface area (Å²) >= 11 is 6.19. The number of hydrogen-bond donors (Lipinski definition) is 0. The van der Waals surface area contributed by atoms with Crippen molar-refractivity contribution >= 4 is 11.6 Å². The number of halogens is 1. The van der Waals surface area contributed by atoms with Gasteiger partial charge >= 0.3 is 0 Å². The molecule has 1 unspecified atom stereocenters. The van der Waals surface area contributed by atoms with Crippen LogP contribution in [0.2, 0.25) is 0 Å². The molecule has 0 aromatic heterocycles. The predicted octanol–water partition coefficient (Wildman–Crippen LogP) is 4.65. The Hall–Kier alpha value is -0.530. The van der Waals surface area contributed by atoms with Crippen LogP contribution in [-0.2, 0) is 6.54 Å². The maximum Gasteiger partial charge on any atom is 0.0337 e. The zero-order valence-corrected chi connectivity index (χ0v) is 13.2. The van der Waals surface area contributed by atoms with Crippen LogP contribution >= 0.6 is 11.6 Å². The van der Waals surface area contributed by atoms with Crippen LogP contribution in [0.25, 0.3) is 0 Å². The van der Waals surface area contributed by atoms with E-state index >= 15 is 0 Å². The van der Waals surface area contributed by atoms with E-state index in [2.05, 4.69) is 49.9 Å². The van der Waals surface area contributed by atoms with E-state index in [0.717, 1.165) is 6.54 Å². The van der Waals surface area contributed by atoms with Gasteiger partial charge in [0, 0.05) is 11.9 Å². The standard InChI is InChI=1S/C17H26ClN/c1-13(2)16-6-4-15(5-7-16)12-19-10-8-17(9-11-19)14(3)18/h4-7,13-14,17H,8-12H2,1-3H3. The zero-order chi connectivity index (χ0) is 13.8. The van der Waals surface area contributed by atoms with Crippen molar-refractivity contribution in [3.05, 3.63) is 35.4 Å². The van der Waals surface area contributed by atoms with E-state index < -0.39 is 0 Å². The summed E-state index contributed by atoms with van der Waals surface area (Å²) in [5, 5.41) is 0.326. The first kappa shape index (κ1) is 14.9. The van der Waals surface area contributed by atoms with Crippen molar-refractivity contribution in [1.82, 2.24) is 4.90 Å².